The van der Waals surface area contributed by atoms with Crippen molar-refractivity contribution in [3.05, 3.63) is 69.8 Å². The number of carbonyl (C=O) groups is 2. The number of esters is 1. The third-order valence-corrected chi connectivity index (χ3v) is 4.31. The van der Waals surface area contributed by atoms with Gasteiger partial charge >= 0.3 is 5.97 Å². The molecule has 0 aliphatic heterocycles. The van der Waals surface area contributed by atoms with Gasteiger partial charge in [-0.2, -0.15) is 0 Å². The van der Waals surface area contributed by atoms with E-state index >= 15 is 0 Å². The standard InChI is InChI=1S/C20H22N2O5/c1-4-13(2)17-10-5-6-11-18(17)21-19(23)14(3)27-20(24)15-8-7-9-16(12-15)22(25)26/h5-14H,4H2,1-3H3,(H,21,23)/t13-,14+/m1/s1. The van der Waals surface area contributed by atoms with E-state index < -0.39 is 22.9 Å². The maximum Gasteiger partial charge on any atom is 0.339 e. The number of para-hydroxylation sites is 1. The Labute approximate surface area is 157 Å². The zero-order chi connectivity index (χ0) is 20.0. The first-order valence-electron chi connectivity index (χ1n) is 8.68. The zero-order valence-corrected chi connectivity index (χ0v) is 15.5. The lowest BCUT2D eigenvalue weighted by Gasteiger charge is -2.18. The van der Waals surface area contributed by atoms with E-state index in [0.29, 0.717) is 5.69 Å². The highest BCUT2D eigenvalue weighted by Crippen LogP contribution is 2.26. The zero-order valence-electron chi connectivity index (χ0n) is 15.5. The van der Waals surface area contributed by atoms with E-state index in [9.17, 15) is 19.7 Å². The molecule has 0 aliphatic rings. The molecule has 7 heteroatoms. The normalized spacial score (nSPS) is 12.7. The summed E-state index contributed by atoms with van der Waals surface area (Å²) in [6, 6.07) is 12.7. The highest BCUT2D eigenvalue weighted by atomic mass is 16.6. The minimum Gasteiger partial charge on any atom is -0.449 e. The molecular weight excluding hydrogens is 348 g/mol. The van der Waals surface area contributed by atoms with Gasteiger partial charge in [-0.25, -0.2) is 4.79 Å². The van der Waals surface area contributed by atoms with Crippen molar-refractivity contribution in [2.45, 2.75) is 39.2 Å². The number of benzene rings is 2. The molecule has 0 aromatic heterocycles. The number of amides is 1. The summed E-state index contributed by atoms with van der Waals surface area (Å²) in [6.07, 6.45) is -0.133. The molecule has 2 aromatic rings. The molecule has 0 fully saturated rings. The van der Waals surface area contributed by atoms with Gasteiger partial charge in [-0.05, 0) is 37.0 Å². The summed E-state index contributed by atoms with van der Waals surface area (Å²) in [5, 5.41) is 13.6. The molecule has 0 saturated carbocycles. The van der Waals surface area contributed by atoms with Crippen molar-refractivity contribution in [1.82, 2.24) is 0 Å². The monoisotopic (exact) mass is 370 g/mol. The Balaban J connectivity index is 2.07. The second kappa shape index (κ2) is 8.93. The van der Waals surface area contributed by atoms with E-state index in [1.807, 2.05) is 18.2 Å². The topological polar surface area (TPSA) is 98.5 Å². The Hall–Kier alpha value is -3.22. The van der Waals surface area contributed by atoms with Crippen LogP contribution in [0.25, 0.3) is 0 Å². The number of nitrogens with zero attached hydrogens (tertiary/aromatic N) is 1. The van der Waals surface area contributed by atoms with Crippen molar-refractivity contribution < 1.29 is 19.2 Å². The largest absolute Gasteiger partial charge is 0.449 e. The average Bonchev–Trinajstić information content (AvgIpc) is 2.67. The lowest BCUT2D eigenvalue weighted by molar-refractivity contribution is -0.384. The molecular formula is C20H22N2O5. The fourth-order valence-corrected chi connectivity index (χ4v) is 2.52. The molecule has 0 radical (unpaired) electrons. The van der Waals surface area contributed by atoms with Gasteiger partial charge in [0.15, 0.2) is 6.10 Å². The van der Waals surface area contributed by atoms with E-state index in [1.54, 1.807) is 6.07 Å². The van der Waals surface area contributed by atoms with Crippen LogP contribution in [0.5, 0.6) is 0 Å². The van der Waals surface area contributed by atoms with Crippen molar-refractivity contribution in [2.75, 3.05) is 5.32 Å². The molecule has 0 bridgehead atoms. The minimum atomic E-state index is -1.05. The van der Waals surface area contributed by atoms with Crippen LogP contribution in [-0.4, -0.2) is 22.9 Å². The lowest BCUT2D eigenvalue weighted by Crippen LogP contribution is -2.30. The minimum absolute atomic E-state index is 0.0175. The van der Waals surface area contributed by atoms with Crippen LogP contribution in [0.15, 0.2) is 48.5 Å². The molecule has 0 spiro atoms. The van der Waals surface area contributed by atoms with Crippen LogP contribution in [0, 0.1) is 10.1 Å². The third kappa shape index (κ3) is 5.13. The summed E-state index contributed by atoms with van der Waals surface area (Å²) in [7, 11) is 0. The highest BCUT2D eigenvalue weighted by molar-refractivity contribution is 5.98. The van der Waals surface area contributed by atoms with Crippen molar-refractivity contribution in [3.8, 4) is 0 Å². The Morgan fingerprint density at radius 1 is 1.15 bits per heavy atom. The van der Waals surface area contributed by atoms with E-state index in [1.165, 1.54) is 25.1 Å². The second-order valence-electron chi connectivity index (χ2n) is 6.24. The number of anilines is 1. The Morgan fingerprint density at radius 3 is 2.52 bits per heavy atom. The number of non-ortho nitro benzene ring substituents is 1. The smallest absolute Gasteiger partial charge is 0.339 e. The number of hydrogen-bond donors (Lipinski definition) is 1. The summed E-state index contributed by atoms with van der Waals surface area (Å²) >= 11 is 0. The fourth-order valence-electron chi connectivity index (χ4n) is 2.52. The summed E-state index contributed by atoms with van der Waals surface area (Å²) in [4.78, 5) is 34.8. The molecule has 0 aliphatic carbocycles. The van der Waals surface area contributed by atoms with Gasteiger partial charge in [0, 0.05) is 17.8 Å². The van der Waals surface area contributed by atoms with Crippen LogP contribution in [0.1, 0.15) is 49.0 Å². The lowest BCUT2D eigenvalue weighted by atomic mass is 9.97. The molecule has 2 rings (SSSR count). The van der Waals surface area contributed by atoms with Crippen LogP contribution in [0.2, 0.25) is 0 Å². The SMILES string of the molecule is CC[C@@H](C)c1ccccc1NC(=O)[C@H](C)OC(=O)c1cccc([N+](=O)[O-])c1. The predicted octanol–water partition coefficient (Wildman–Crippen LogP) is 4.29. The van der Waals surface area contributed by atoms with Gasteiger partial charge in [-0.3, -0.25) is 14.9 Å². The molecule has 7 nitrogen and oxygen atoms in total. The second-order valence-corrected chi connectivity index (χ2v) is 6.24. The molecule has 142 valence electrons. The van der Waals surface area contributed by atoms with Gasteiger partial charge in [-0.1, -0.05) is 38.1 Å². The van der Waals surface area contributed by atoms with Crippen molar-refractivity contribution >= 4 is 23.3 Å². The summed E-state index contributed by atoms with van der Waals surface area (Å²) in [6.45, 7) is 5.58. The number of nitrogens with one attached hydrogen (secondary N) is 1. The molecule has 2 atom stereocenters. The van der Waals surface area contributed by atoms with Crippen LogP contribution >= 0.6 is 0 Å². The van der Waals surface area contributed by atoms with E-state index in [4.69, 9.17) is 4.74 Å². The number of rotatable bonds is 7. The molecule has 2 aromatic carbocycles. The predicted molar refractivity (Wildman–Crippen MR) is 102 cm³/mol. The molecule has 27 heavy (non-hydrogen) atoms. The van der Waals surface area contributed by atoms with Crippen LogP contribution < -0.4 is 5.32 Å². The number of carbonyl (C=O) groups excluding carboxylic acids is 2. The quantitative estimate of drug-likeness (QED) is 0.445. The van der Waals surface area contributed by atoms with Gasteiger partial charge in [0.05, 0.1) is 10.5 Å². The number of ether oxygens (including phenoxy) is 1. The highest BCUT2D eigenvalue weighted by Gasteiger charge is 2.21. The Morgan fingerprint density at radius 2 is 1.85 bits per heavy atom. The first kappa shape index (κ1) is 20.1. The van der Waals surface area contributed by atoms with Crippen molar-refractivity contribution in [3.63, 3.8) is 0 Å². The number of nitro benzene ring substituents is 1. The summed E-state index contributed by atoms with van der Waals surface area (Å²) in [5.41, 5.74) is 1.48. The van der Waals surface area contributed by atoms with E-state index in [2.05, 4.69) is 19.2 Å². The maximum atomic E-state index is 12.4. The first-order chi connectivity index (χ1) is 12.8. The first-order valence-corrected chi connectivity index (χ1v) is 8.68. The molecule has 0 saturated heterocycles. The van der Waals surface area contributed by atoms with Crippen LogP contribution in [-0.2, 0) is 9.53 Å². The fraction of sp³-hybridized carbons (Fsp3) is 0.300. The molecule has 0 unspecified atom stereocenters. The maximum absolute atomic E-state index is 12.4. The number of nitro groups is 1. The van der Waals surface area contributed by atoms with Crippen molar-refractivity contribution in [2.24, 2.45) is 0 Å². The molecule has 0 heterocycles. The Bertz CT molecular complexity index is 850. The van der Waals surface area contributed by atoms with Gasteiger partial charge in [0.1, 0.15) is 0 Å². The average molecular weight is 370 g/mol. The summed E-state index contributed by atoms with van der Waals surface area (Å²) in [5.74, 6) is -0.995. The van der Waals surface area contributed by atoms with Gasteiger partial charge in [-0.15, -0.1) is 0 Å². The summed E-state index contributed by atoms with van der Waals surface area (Å²) < 4.78 is 5.16. The molecule has 1 N–H and O–H groups in total. The molecule has 1 amide bonds. The van der Waals surface area contributed by atoms with E-state index in [0.717, 1.165) is 18.1 Å². The van der Waals surface area contributed by atoms with Gasteiger partial charge in [0.2, 0.25) is 0 Å². The van der Waals surface area contributed by atoms with Crippen LogP contribution in [0.3, 0.4) is 0 Å². The van der Waals surface area contributed by atoms with Crippen LogP contribution in [0.4, 0.5) is 11.4 Å². The Kier molecular flexibility index (Phi) is 6.65. The van der Waals surface area contributed by atoms with Crippen molar-refractivity contribution in [1.29, 1.82) is 0 Å². The van der Waals surface area contributed by atoms with E-state index in [-0.39, 0.29) is 17.2 Å². The third-order valence-electron chi connectivity index (χ3n) is 4.31. The van der Waals surface area contributed by atoms with Gasteiger partial charge in [0.25, 0.3) is 11.6 Å². The number of hydrogen-bond acceptors (Lipinski definition) is 5. The van der Waals surface area contributed by atoms with Gasteiger partial charge < -0.3 is 10.1 Å².